The third-order valence-electron chi connectivity index (χ3n) is 5.95. The highest BCUT2D eigenvalue weighted by Gasteiger charge is 2.34. The predicted molar refractivity (Wildman–Crippen MR) is 152 cm³/mol. The van der Waals surface area contributed by atoms with Gasteiger partial charge in [0, 0.05) is 0 Å². The number of phenols is 1. The van der Waals surface area contributed by atoms with Crippen molar-refractivity contribution in [1.82, 2.24) is 4.57 Å². The molecule has 0 aliphatic carbocycles. The van der Waals surface area contributed by atoms with Gasteiger partial charge in [0.2, 0.25) is 0 Å². The molecule has 1 aromatic heterocycles. The average Bonchev–Trinajstić information content (AvgIpc) is 3.19. The number of carbonyl (C=O) groups is 1. The molecule has 39 heavy (non-hydrogen) atoms. The van der Waals surface area contributed by atoms with E-state index in [1.54, 1.807) is 44.2 Å². The molecule has 206 valence electrons. The average molecular weight is 618 g/mol. The summed E-state index contributed by atoms with van der Waals surface area (Å²) in [5.74, 6) is 0.699. The Morgan fingerprint density at radius 1 is 1.18 bits per heavy atom. The van der Waals surface area contributed by atoms with Gasteiger partial charge < -0.3 is 24.1 Å². The minimum Gasteiger partial charge on any atom is -0.503 e. The fraction of sp³-hybridized carbons (Fsp3) is 0.321. The van der Waals surface area contributed by atoms with Crippen molar-refractivity contribution in [2.24, 2.45) is 4.99 Å². The molecular weight excluding hydrogens is 588 g/mol. The molecule has 1 aliphatic heterocycles. The number of rotatable bonds is 8. The minimum absolute atomic E-state index is 0.0374. The van der Waals surface area contributed by atoms with Crippen molar-refractivity contribution in [3.63, 3.8) is 0 Å². The first-order valence-electron chi connectivity index (χ1n) is 12.2. The van der Waals surface area contributed by atoms with Gasteiger partial charge in [-0.1, -0.05) is 17.4 Å². The van der Waals surface area contributed by atoms with Crippen LogP contribution < -0.4 is 29.1 Å². The third-order valence-corrected chi connectivity index (χ3v) is 7.54. The molecule has 0 saturated carbocycles. The molecule has 1 aliphatic rings. The second-order valence-corrected chi connectivity index (χ2v) is 10.8. The van der Waals surface area contributed by atoms with Crippen LogP contribution in [0.3, 0.4) is 0 Å². The smallest absolute Gasteiger partial charge is 0.338 e. The van der Waals surface area contributed by atoms with E-state index in [0.29, 0.717) is 42.1 Å². The molecule has 0 bridgehead atoms. The molecule has 1 atom stereocenters. The predicted octanol–water partition coefficient (Wildman–Crippen LogP) is 4.07. The summed E-state index contributed by atoms with van der Waals surface area (Å²) in [5.41, 5.74) is 1.67. The first-order valence-corrected chi connectivity index (χ1v) is 13.8. The lowest BCUT2D eigenvalue weighted by Gasteiger charge is -2.25. The quantitative estimate of drug-likeness (QED) is 0.380. The number of aromatic hydroxyl groups is 1. The number of nitrogens with zero attached hydrogens (tertiary/aromatic N) is 2. The molecule has 0 spiro atoms. The van der Waals surface area contributed by atoms with Gasteiger partial charge in [-0.25, -0.2) is 9.79 Å². The highest BCUT2D eigenvalue weighted by Crippen LogP contribution is 2.37. The number of phenolic OH excluding ortho intramolecular Hbond substituents is 1. The number of halogens is 1. The maximum Gasteiger partial charge on any atom is 0.338 e. The molecule has 1 unspecified atom stereocenters. The Kier molecular flexibility index (Phi) is 8.51. The number of carbonyl (C=O) groups excluding carboxylic acids is 1. The molecule has 1 N–H and O–H groups in total. The van der Waals surface area contributed by atoms with E-state index in [-0.39, 0.29) is 35.3 Å². The SMILES string of the molecule is CCOC(=O)C1=C(C)N=c2sc(=Cc3cc(Br)c(O)c(OC)c3)c(=O)n2C1c1ccc(OC(C)C)c(OC)c1. The normalized spacial score (nSPS) is 15.2. The van der Waals surface area contributed by atoms with Gasteiger partial charge in [0.1, 0.15) is 0 Å². The van der Waals surface area contributed by atoms with Crippen LogP contribution in [0.4, 0.5) is 0 Å². The Bertz CT molecular complexity index is 1640. The fourth-order valence-electron chi connectivity index (χ4n) is 4.30. The molecule has 3 aromatic rings. The maximum absolute atomic E-state index is 13.9. The third kappa shape index (κ3) is 5.60. The number of esters is 1. The van der Waals surface area contributed by atoms with E-state index in [0.717, 1.165) is 0 Å². The summed E-state index contributed by atoms with van der Waals surface area (Å²) in [6, 6.07) is 7.85. The number of ether oxygens (including phenoxy) is 4. The summed E-state index contributed by atoms with van der Waals surface area (Å²) in [6.07, 6.45) is 1.62. The number of aromatic nitrogens is 1. The number of benzene rings is 2. The van der Waals surface area contributed by atoms with Crippen LogP contribution in [0.15, 0.2) is 55.9 Å². The maximum atomic E-state index is 13.9. The van der Waals surface area contributed by atoms with Gasteiger partial charge in [0.25, 0.3) is 5.56 Å². The van der Waals surface area contributed by atoms with E-state index in [4.69, 9.17) is 18.9 Å². The molecule has 0 fully saturated rings. The Morgan fingerprint density at radius 3 is 2.54 bits per heavy atom. The Labute approximate surface area is 237 Å². The minimum atomic E-state index is -0.800. The van der Waals surface area contributed by atoms with Crippen molar-refractivity contribution in [1.29, 1.82) is 0 Å². The topological polar surface area (TPSA) is 109 Å². The molecule has 2 aromatic carbocycles. The second kappa shape index (κ2) is 11.7. The van der Waals surface area contributed by atoms with E-state index in [1.807, 2.05) is 19.9 Å². The van der Waals surface area contributed by atoms with E-state index in [9.17, 15) is 14.7 Å². The summed E-state index contributed by atoms with van der Waals surface area (Å²) < 4.78 is 24.4. The zero-order valence-corrected chi connectivity index (χ0v) is 24.8. The summed E-state index contributed by atoms with van der Waals surface area (Å²) in [4.78, 5) is 32.1. The number of methoxy groups -OCH3 is 2. The number of fused-ring (bicyclic) bond motifs is 1. The zero-order chi connectivity index (χ0) is 28.4. The van der Waals surface area contributed by atoms with Crippen molar-refractivity contribution in [2.75, 3.05) is 20.8 Å². The first kappa shape index (κ1) is 28.4. The van der Waals surface area contributed by atoms with Crippen molar-refractivity contribution in [3.05, 3.63) is 76.9 Å². The number of hydrogen-bond donors (Lipinski definition) is 1. The molecule has 4 rings (SSSR count). The summed E-state index contributed by atoms with van der Waals surface area (Å²) in [5, 5.41) is 10.2. The van der Waals surface area contributed by atoms with Gasteiger partial charge in [0.15, 0.2) is 27.8 Å². The second-order valence-electron chi connectivity index (χ2n) is 8.93. The molecule has 2 heterocycles. The fourth-order valence-corrected chi connectivity index (χ4v) is 5.80. The van der Waals surface area contributed by atoms with Crippen LogP contribution in [0.5, 0.6) is 23.0 Å². The molecule has 0 saturated heterocycles. The van der Waals surface area contributed by atoms with Crippen LogP contribution in [0.2, 0.25) is 0 Å². The van der Waals surface area contributed by atoms with E-state index in [1.165, 1.54) is 30.1 Å². The van der Waals surface area contributed by atoms with E-state index >= 15 is 0 Å². The standard InChI is InChI=1S/C28H29BrN2O7S/c1-7-37-27(34)23-15(4)30-28-31(24(23)17-8-9-19(38-14(2)3)20(13-17)35-5)26(33)22(39-28)12-16-10-18(29)25(32)21(11-16)36-6/h8-14,24,32H,7H2,1-6H3. The number of thiazole rings is 1. The van der Waals surface area contributed by atoms with E-state index < -0.39 is 12.0 Å². The van der Waals surface area contributed by atoms with Gasteiger partial charge in [-0.3, -0.25) is 9.36 Å². The lowest BCUT2D eigenvalue weighted by atomic mass is 9.95. The van der Waals surface area contributed by atoms with Crippen LogP contribution in [-0.2, 0) is 9.53 Å². The summed E-state index contributed by atoms with van der Waals surface area (Å²) >= 11 is 4.52. The molecule has 11 heteroatoms. The highest BCUT2D eigenvalue weighted by atomic mass is 79.9. The van der Waals surface area contributed by atoms with Gasteiger partial charge in [-0.05, 0) is 85.1 Å². The number of allylic oxidation sites excluding steroid dienone is 1. The lowest BCUT2D eigenvalue weighted by molar-refractivity contribution is -0.139. The highest BCUT2D eigenvalue weighted by molar-refractivity contribution is 9.10. The largest absolute Gasteiger partial charge is 0.503 e. The molecular formula is C28H29BrN2O7S. The van der Waals surface area contributed by atoms with Gasteiger partial charge in [-0.2, -0.15) is 0 Å². The van der Waals surface area contributed by atoms with Crippen LogP contribution in [0.1, 0.15) is 44.9 Å². The van der Waals surface area contributed by atoms with Crippen molar-refractivity contribution < 1.29 is 28.8 Å². The van der Waals surface area contributed by atoms with Crippen LogP contribution in [0, 0.1) is 0 Å². The summed E-state index contributed by atoms with van der Waals surface area (Å²) in [7, 11) is 2.99. The van der Waals surface area contributed by atoms with Crippen LogP contribution in [0.25, 0.3) is 6.08 Å². The van der Waals surface area contributed by atoms with Crippen LogP contribution in [-0.4, -0.2) is 42.6 Å². The van der Waals surface area contributed by atoms with Gasteiger partial charge >= 0.3 is 5.97 Å². The molecule has 0 amide bonds. The van der Waals surface area contributed by atoms with Crippen molar-refractivity contribution in [2.45, 2.75) is 39.8 Å². The van der Waals surface area contributed by atoms with Crippen molar-refractivity contribution >= 4 is 39.3 Å². The Balaban J connectivity index is 1.95. The van der Waals surface area contributed by atoms with Crippen molar-refractivity contribution in [3.8, 4) is 23.0 Å². The molecule has 0 radical (unpaired) electrons. The Morgan fingerprint density at radius 2 is 1.90 bits per heavy atom. The monoisotopic (exact) mass is 616 g/mol. The van der Waals surface area contributed by atoms with Gasteiger partial charge in [-0.15, -0.1) is 0 Å². The Hall–Kier alpha value is -3.57. The first-order chi connectivity index (χ1) is 18.6. The lowest BCUT2D eigenvalue weighted by Crippen LogP contribution is -2.40. The zero-order valence-electron chi connectivity index (χ0n) is 22.4. The number of hydrogen-bond acceptors (Lipinski definition) is 9. The van der Waals surface area contributed by atoms with Gasteiger partial charge in [0.05, 0.1) is 53.2 Å². The van der Waals surface area contributed by atoms with Crippen LogP contribution >= 0.6 is 27.3 Å². The summed E-state index contributed by atoms with van der Waals surface area (Å²) in [6.45, 7) is 7.46. The van der Waals surface area contributed by atoms with E-state index in [2.05, 4.69) is 20.9 Å². The molecule has 9 nitrogen and oxygen atoms in total.